The van der Waals surface area contributed by atoms with Crippen LogP contribution in [0, 0.1) is 12.7 Å². The molecular weight excluding hydrogens is 493 g/mol. The predicted octanol–water partition coefficient (Wildman–Crippen LogP) is 5.55. The van der Waals surface area contributed by atoms with Crippen molar-refractivity contribution in [3.05, 3.63) is 87.7 Å². The minimum atomic E-state index is -4.10. The molecule has 0 radical (unpaired) electrons. The van der Waals surface area contributed by atoms with Crippen LogP contribution in [0.2, 0.25) is 5.02 Å². The summed E-state index contributed by atoms with van der Waals surface area (Å²) < 4.78 is 54.0. The lowest BCUT2D eigenvalue weighted by Gasteiger charge is -2.35. The van der Waals surface area contributed by atoms with Crippen molar-refractivity contribution in [2.45, 2.75) is 31.4 Å². The number of aldehydes is 1. The van der Waals surface area contributed by atoms with Gasteiger partial charge in [-0.15, -0.1) is 0 Å². The fraction of sp³-hybridized carbons (Fsp3) is 0.192. The Balaban J connectivity index is 1.77. The Morgan fingerprint density at radius 1 is 1.14 bits per heavy atom. The van der Waals surface area contributed by atoms with Crippen LogP contribution in [0.5, 0.6) is 11.5 Å². The molecule has 0 aromatic heterocycles. The van der Waals surface area contributed by atoms with Crippen LogP contribution in [-0.4, -0.2) is 27.9 Å². The van der Waals surface area contributed by atoms with Crippen molar-refractivity contribution < 1.29 is 27.1 Å². The third-order valence-corrected chi connectivity index (χ3v) is 8.15. The second kappa shape index (κ2) is 9.71. The number of carbonyl (C=O) groups excluding carboxylic acids is 1. The topological polar surface area (TPSA) is 72.9 Å². The fourth-order valence-electron chi connectivity index (χ4n) is 3.94. The van der Waals surface area contributed by atoms with Crippen LogP contribution >= 0.6 is 11.6 Å². The number of aryl methyl sites for hydroxylation is 1. The average molecular weight is 516 g/mol. The quantitative estimate of drug-likeness (QED) is 0.385. The summed E-state index contributed by atoms with van der Waals surface area (Å²) in [5.74, 6) is 0.251. The van der Waals surface area contributed by atoms with Crippen molar-refractivity contribution in [2.24, 2.45) is 0 Å². The van der Waals surface area contributed by atoms with Crippen LogP contribution in [0.1, 0.15) is 23.6 Å². The molecule has 0 saturated carbocycles. The molecule has 182 valence electrons. The lowest BCUT2D eigenvalue weighted by atomic mass is 9.99. The van der Waals surface area contributed by atoms with Gasteiger partial charge in [-0.1, -0.05) is 23.7 Å². The molecule has 1 aliphatic heterocycles. The number of fused-ring (bicyclic) bond motifs is 1. The highest BCUT2D eigenvalue weighted by Crippen LogP contribution is 2.39. The summed E-state index contributed by atoms with van der Waals surface area (Å²) in [6.07, 6.45) is 2.29. The number of hydrogen-bond donors (Lipinski definition) is 0. The number of ether oxygens (including phenoxy) is 2. The highest BCUT2D eigenvalue weighted by Gasteiger charge is 2.36. The molecule has 3 aromatic rings. The number of methoxy groups -OCH3 is 1. The van der Waals surface area contributed by atoms with Crippen molar-refractivity contribution in [1.29, 1.82) is 0 Å². The molecule has 0 fully saturated rings. The lowest BCUT2D eigenvalue weighted by Crippen LogP contribution is -2.42. The van der Waals surface area contributed by atoms with Crippen LogP contribution in [-0.2, 0) is 21.4 Å². The Hall–Kier alpha value is -3.36. The summed E-state index contributed by atoms with van der Waals surface area (Å²) in [5, 5.41) is 0.229. The molecule has 1 atom stereocenters. The first kappa shape index (κ1) is 24.8. The number of carbonyl (C=O) groups is 1. The molecule has 0 N–H and O–H groups in total. The molecule has 0 saturated heterocycles. The van der Waals surface area contributed by atoms with E-state index in [4.69, 9.17) is 21.1 Å². The monoisotopic (exact) mass is 515 g/mol. The summed E-state index contributed by atoms with van der Waals surface area (Å²) in [5.41, 5.74) is 2.16. The Labute approximate surface area is 208 Å². The third-order valence-electron chi connectivity index (χ3n) is 5.91. The zero-order chi connectivity index (χ0) is 25.3. The molecule has 4 rings (SSSR count). The van der Waals surface area contributed by atoms with Crippen LogP contribution in [0.25, 0.3) is 6.08 Å². The average Bonchev–Trinajstić information content (AvgIpc) is 2.83. The van der Waals surface area contributed by atoms with E-state index in [2.05, 4.69) is 0 Å². The summed E-state index contributed by atoms with van der Waals surface area (Å²) in [4.78, 5) is 11.8. The molecule has 3 aromatic carbocycles. The second-order valence-electron chi connectivity index (χ2n) is 8.08. The third kappa shape index (κ3) is 4.63. The van der Waals surface area contributed by atoms with Gasteiger partial charge in [0.05, 0.1) is 28.8 Å². The van der Waals surface area contributed by atoms with Crippen LogP contribution in [0.3, 0.4) is 0 Å². The maximum atomic E-state index is 14.2. The molecular formula is C26H23ClFNO5S. The van der Waals surface area contributed by atoms with Gasteiger partial charge >= 0.3 is 0 Å². The Morgan fingerprint density at radius 2 is 1.91 bits per heavy atom. The van der Waals surface area contributed by atoms with E-state index in [0.29, 0.717) is 34.6 Å². The van der Waals surface area contributed by atoms with Crippen LogP contribution in [0.15, 0.2) is 65.1 Å². The van der Waals surface area contributed by atoms with Crippen molar-refractivity contribution >= 4 is 39.7 Å². The van der Waals surface area contributed by atoms with Crippen LogP contribution in [0.4, 0.5) is 10.1 Å². The summed E-state index contributed by atoms with van der Waals surface area (Å²) >= 11 is 6.09. The van der Waals surface area contributed by atoms with Crippen molar-refractivity contribution in [1.82, 2.24) is 0 Å². The van der Waals surface area contributed by atoms with Gasteiger partial charge in [0, 0.05) is 23.3 Å². The van der Waals surface area contributed by atoms with E-state index in [1.165, 1.54) is 35.7 Å². The fourth-order valence-corrected chi connectivity index (χ4v) is 5.84. The number of nitrogens with zero attached hydrogens (tertiary/aromatic N) is 1. The van der Waals surface area contributed by atoms with E-state index in [9.17, 15) is 17.6 Å². The number of hydrogen-bond acceptors (Lipinski definition) is 5. The number of anilines is 1. The van der Waals surface area contributed by atoms with Gasteiger partial charge in [0.1, 0.15) is 30.2 Å². The summed E-state index contributed by atoms with van der Waals surface area (Å²) in [6, 6.07) is 13.0. The number of rotatable bonds is 7. The molecule has 0 amide bonds. The molecule has 0 aliphatic carbocycles. The number of halogens is 2. The molecule has 1 heterocycles. The highest BCUT2D eigenvalue weighted by molar-refractivity contribution is 7.92. The second-order valence-corrected chi connectivity index (χ2v) is 10.3. The molecule has 35 heavy (non-hydrogen) atoms. The first-order chi connectivity index (χ1) is 16.7. The van der Waals surface area contributed by atoms with Gasteiger partial charge in [-0.2, -0.15) is 0 Å². The minimum Gasteiger partial charge on any atom is -0.496 e. The molecule has 1 aliphatic rings. The van der Waals surface area contributed by atoms with E-state index in [-0.39, 0.29) is 22.1 Å². The first-order valence-corrected chi connectivity index (χ1v) is 12.5. The van der Waals surface area contributed by atoms with Crippen LogP contribution < -0.4 is 13.8 Å². The molecule has 6 nitrogen and oxygen atoms in total. The smallest absolute Gasteiger partial charge is 0.265 e. The van der Waals surface area contributed by atoms with E-state index in [1.807, 2.05) is 6.92 Å². The van der Waals surface area contributed by atoms with E-state index >= 15 is 0 Å². The lowest BCUT2D eigenvalue weighted by molar-refractivity contribution is -0.105. The summed E-state index contributed by atoms with van der Waals surface area (Å²) in [7, 11) is -2.63. The van der Waals surface area contributed by atoms with Crippen molar-refractivity contribution in [2.75, 3.05) is 11.4 Å². The number of benzene rings is 3. The van der Waals surface area contributed by atoms with Gasteiger partial charge in [-0.25, -0.2) is 12.8 Å². The molecule has 0 bridgehead atoms. The maximum absolute atomic E-state index is 14.2. The normalized spacial score (nSPS) is 15.3. The standard InChI is InChI=1S/C26H23ClFNO5S/c1-16-7-10-21(13-26(16)33-3)35(31,32)29-17(2)19(14-30)11-18-8-9-20(12-25(18)29)34-15-22-23(27)5-4-6-24(22)28/h4-14,17H,15H2,1-3H3/t17-/m1/s1. The zero-order valence-corrected chi connectivity index (χ0v) is 20.9. The largest absolute Gasteiger partial charge is 0.496 e. The van der Waals surface area contributed by atoms with E-state index in [1.54, 1.807) is 43.3 Å². The Bertz CT molecular complexity index is 1420. The Morgan fingerprint density at radius 3 is 2.60 bits per heavy atom. The highest BCUT2D eigenvalue weighted by atomic mass is 35.5. The van der Waals surface area contributed by atoms with E-state index in [0.717, 1.165) is 5.56 Å². The number of sulfonamides is 1. The molecule has 0 spiro atoms. The van der Waals surface area contributed by atoms with Gasteiger partial charge < -0.3 is 9.47 Å². The molecule has 0 unspecified atom stereocenters. The SMILES string of the molecule is COc1cc(S(=O)(=O)N2c3cc(OCc4c(F)cccc4Cl)ccc3C=C(C=O)[C@H]2C)ccc1C. The predicted molar refractivity (Wildman–Crippen MR) is 133 cm³/mol. The van der Waals surface area contributed by atoms with Gasteiger partial charge in [-0.3, -0.25) is 9.10 Å². The van der Waals surface area contributed by atoms with Gasteiger partial charge in [0.15, 0.2) is 0 Å². The Kier molecular flexibility index (Phi) is 6.87. The summed E-state index contributed by atoms with van der Waals surface area (Å²) in [6.45, 7) is 3.31. The van der Waals surface area contributed by atoms with Gasteiger partial charge in [0.2, 0.25) is 0 Å². The van der Waals surface area contributed by atoms with Gasteiger partial charge in [0.25, 0.3) is 10.0 Å². The van der Waals surface area contributed by atoms with Crippen molar-refractivity contribution in [3.63, 3.8) is 0 Å². The first-order valence-electron chi connectivity index (χ1n) is 10.7. The van der Waals surface area contributed by atoms with E-state index < -0.39 is 21.9 Å². The maximum Gasteiger partial charge on any atom is 0.265 e. The molecule has 9 heteroatoms. The minimum absolute atomic E-state index is 0.0226. The van der Waals surface area contributed by atoms with Crippen molar-refractivity contribution in [3.8, 4) is 11.5 Å². The van der Waals surface area contributed by atoms with Gasteiger partial charge in [-0.05, 0) is 61.4 Å². The zero-order valence-electron chi connectivity index (χ0n) is 19.3.